The maximum atomic E-state index is 12.4. The topological polar surface area (TPSA) is 82.2 Å². The number of nitrogens with one attached hydrogen (secondary N) is 2. The van der Waals surface area contributed by atoms with Crippen molar-refractivity contribution in [2.45, 2.75) is 33.1 Å². The fraction of sp³-hybridized carbons (Fsp3) is 0.217. The van der Waals surface area contributed by atoms with Crippen molar-refractivity contribution in [2.24, 2.45) is 0 Å². The molecule has 0 radical (unpaired) electrons. The van der Waals surface area contributed by atoms with Crippen molar-refractivity contribution in [3.05, 3.63) is 65.4 Å². The van der Waals surface area contributed by atoms with Crippen LogP contribution in [-0.4, -0.2) is 22.0 Å². The highest BCUT2D eigenvalue weighted by atomic mass is 16.4. The zero-order valence-corrected chi connectivity index (χ0v) is 16.1. The van der Waals surface area contributed by atoms with Gasteiger partial charge in [0, 0.05) is 34.3 Å². The Labute approximate surface area is 164 Å². The summed E-state index contributed by atoms with van der Waals surface area (Å²) in [4.78, 5) is 26.6. The first-order valence-corrected chi connectivity index (χ1v) is 9.57. The number of carboxylic acid groups (broad SMARTS) is 1. The van der Waals surface area contributed by atoms with Crippen LogP contribution in [0.1, 0.15) is 43.5 Å². The van der Waals surface area contributed by atoms with Crippen LogP contribution in [0.25, 0.3) is 22.6 Å². The summed E-state index contributed by atoms with van der Waals surface area (Å²) in [6.45, 7) is 4.00. The van der Waals surface area contributed by atoms with Crippen LogP contribution < -0.4 is 5.32 Å². The number of aromatic nitrogens is 1. The Bertz CT molecular complexity index is 1050. The number of benzene rings is 2. The molecule has 1 amide bonds. The average Bonchev–Trinajstić information content (AvgIpc) is 3.21. The number of fused-ring (bicyclic) bond motifs is 2. The van der Waals surface area contributed by atoms with E-state index < -0.39 is 5.97 Å². The number of aromatic amines is 1. The van der Waals surface area contributed by atoms with Crippen LogP contribution in [0.15, 0.2) is 48.5 Å². The third-order valence-electron chi connectivity index (χ3n) is 4.66. The van der Waals surface area contributed by atoms with E-state index in [2.05, 4.69) is 10.3 Å². The molecule has 0 fully saturated rings. The van der Waals surface area contributed by atoms with E-state index in [9.17, 15) is 9.59 Å². The Morgan fingerprint density at radius 3 is 2.57 bits per heavy atom. The molecule has 2 heterocycles. The average molecular weight is 376 g/mol. The molecular weight excluding hydrogens is 352 g/mol. The van der Waals surface area contributed by atoms with Crippen molar-refractivity contribution in [1.29, 1.82) is 0 Å². The minimum atomic E-state index is -0.797. The first-order chi connectivity index (χ1) is 13.6. The summed E-state index contributed by atoms with van der Waals surface area (Å²) >= 11 is 0. The molecule has 5 heteroatoms. The molecule has 28 heavy (non-hydrogen) atoms. The maximum Gasteiger partial charge on any atom is 0.303 e. The van der Waals surface area contributed by atoms with Crippen LogP contribution >= 0.6 is 0 Å². The van der Waals surface area contributed by atoms with Gasteiger partial charge in [-0.25, -0.2) is 0 Å². The van der Waals surface area contributed by atoms with Crippen molar-refractivity contribution in [3.63, 3.8) is 0 Å². The SMILES string of the molecule is CC.O=C(O)CCCc1c(/C=C2\C(=O)Nc3ccccc32)[nH]c2ccccc12. The van der Waals surface area contributed by atoms with Gasteiger partial charge in [0.05, 0.1) is 5.57 Å². The van der Waals surface area contributed by atoms with Gasteiger partial charge in [-0.2, -0.15) is 0 Å². The highest BCUT2D eigenvalue weighted by Crippen LogP contribution is 2.34. The first kappa shape index (κ1) is 19.4. The van der Waals surface area contributed by atoms with Gasteiger partial charge in [0.2, 0.25) is 0 Å². The molecule has 1 aliphatic heterocycles. The van der Waals surface area contributed by atoms with Crippen molar-refractivity contribution in [2.75, 3.05) is 5.32 Å². The van der Waals surface area contributed by atoms with Crippen molar-refractivity contribution >= 4 is 40.1 Å². The van der Waals surface area contributed by atoms with E-state index in [-0.39, 0.29) is 12.3 Å². The third-order valence-corrected chi connectivity index (χ3v) is 4.66. The minimum Gasteiger partial charge on any atom is -0.481 e. The molecule has 2 aromatic carbocycles. The number of hydrogen-bond acceptors (Lipinski definition) is 2. The molecule has 144 valence electrons. The highest BCUT2D eigenvalue weighted by Gasteiger charge is 2.24. The Balaban J connectivity index is 0.00000109. The molecule has 0 saturated carbocycles. The fourth-order valence-corrected chi connectivity index (χ4v) is 3.46. The standard InChI is InChI=1S/C21H18N2O3.C2H6/c24-20(25)11-5-8-14-13-6-1-3-9-17(13)22-19(14)12-16-15-7-2-4-10-18(15)23-21(16)26;1-2/h1-4,6-7,9-10,12,22H,5,8,11H2,(H,23,26)(H,24,25);1-2H3/b16-12-;. The van der Waals surface area contributed by atoms with Crippen LogP contribution in [0.4, 0.5) is 5.69 Å². The van der Waals surface area contributed by atoms with Gasteiger partial charge in [-0.15, -0.1) is 0 Å². The summed E-state index contributed by atoms with van der Waals surface area (Å²) in [7, 11) is 0. The smallest absolute Gasteiger partial charge is 0.303 e. The van der Waals surface area contributed by atoms with Crippen molar-refractivity contribution < 1.29 is 14.7 Å². The zero-order chi connectivity index (χ0) is 20.1. The van der Waals surface area contributed by atoms with E-state index in [0.29, 0.717) is 18.4 Å². The number of carbonyl (C=O) groups excluding carboxylic acids is 1. The number of anilines is 1. The van der Waals surface area contributed by atoms with Gasteiger partial charge in [0.15, 0.2) is 0 Å². The molecule has 1 aliphatic rings. The maximum absolute atomic E-state index is 12.4. The Morgan fingerprint density at radius 1 is 1.07 bits per heavy atom. The summed E-state index contributed by atoms with van der Waals surface area (Å²) in [5.41, 5.74) is 5.20. The quantitative estimate of drug-likeness (QED) is 0.542. The Morgan fingerprint density at radius 2 is 1.79 bits per heavy atom. The largest absolute Gasteiger partial charge is 0.481 e. The van der Waals surface area contributed by atoms with Gasteiger partial charge < -0.3 is 15.4 Å². The fourth-order valence-electron chi connectivity index (χ4n) is 3.46. The number of aryl methyl sites for hydroxylation is 1. The lowest BCUT2D eigenvalue weighted by Crippen LogP contribution is -2.04. The molecule has 0 bridgehead atoms. The molecule has 1 aromatic heterocycles. The van der Waals surface area contributed by atoms with Gasteiger partial charge >= 0.3 is 5.97 Å². The van der Waals surface area contributed by atoms with Crippen LogP contribution in [0.5, 0.6) is 0 Å². The van der Waals surface area contributed by atoms with E-state index >= 15 is 0 Å². The predicted octanol–water partition coefficient (Wildman–Crippen LogP) is 5.09. The van der Waals surface area contributed by atoms with Gasteiger partial charge in [0.1, 0.15) is 0 Å². The minimum absolute atomic E-state index is 0.124. The summed E-state index contributed by atoms with van der Waals surface area (Å²) in [6, 6.07) is 15.5. The number of rotatable bonds is 5. The summed E-state index contributed by atoms with van der Waals surface area (Å²) in [6.07, 6.45) is 3.19. The van der Waals surface area contributed by atoms with Crippen molar-refractivity contribution in [3.8, 4) is 0 Å². The molecular formula is C23H24N2O3. The lowest BCUT2D eigenvalue weighted by molar-refractivity contribution is -0.137. The number of amides is 1. The normalized spacial score (nSPS) is 13.8. The van der Waals surface area contributed by atoms with Crippen LogP contribution in [0.2, 0.25) is 0 Å². The van der Waals surface area contributed by atoms with E-state index in [4.69, 9.17) is 5.11 Å². The number of carbonyl (C=O) groups is 2. The van der Waals surface area contributed by atoms with Crippen LogP contribution in [0, 0.1) is 0 Å². The van der Waals surface area contributed by atoms with E-state index in [1.165, 1.54) is 0 Å². The molecule has 3 N–H and O–H groups in total. The molecule has 5 nitrogen and oxygen atoms in total. The number of hydrogen-bond donors (Lipinski definition) is 3. The molecule has 3 aromatic rings. The predicted molar refractivity (Wildman–Crippen MR) is 113 cm³/mol. The zero-order valence-electron chi connectivity index (χ0n) is 16.1. The molecule has 0 spiro atoms. The van der Waals surface area contributed by atoms with Gasteiger partial charge in [-0.1, -0.05) is 50.2 Å². The van der Waals surface area contributed by atoms with E-state index in [1.54, 1.807) is 0 Å². The molecule has 4 rings (SSSR count). The second-order valence-corrected chi connectivity index (χ2v) is 6.37. The molecule has 0 unspecified atom stereocenters. The Kier molecular flexibility index (Phi) is 5.94. The third kappa shape index (κ3) is 3.83. The molecule has 0 aliphatic carbocycles. The monoisotopic (exact) mass is 376 g/mol. The number of aliphatic carboxylic acids is 1. The Hall–Kier alpha value is -3.34. The summed E-state index contributed by atoms with van der Waals surface area (Å²) in [5, 5.41) is 12.9. The second-order valence-electron chi connectivity index (χ2n) is 6.37. The molecule has 0 atom stereocenters. The van der Waals surface area contributed by atoms with Gasteiger partial charge in [-0.3, -0.25) is 9.59 Å². The van der Waals surface area contributed by atoms with Gasteiger partial charge in [-0.05, 0) is 36.6 Å². The second kappa shape index (κ2) is 8.57. The highest BCUT2D eigenvalue weighted by molar-refractivity contribution is 6.35. The molecule has 0 saturated heterocycles. The van der Waals surface area contributed by atoms with Crippen LogP contribution in [-0.2, 0) is 16.0 Å². The lowest BCUT2D eigenvalue weighted by Gasteiger charge is -2.02. The summed E-state index contributed by atoms with van der Waals surface area (Å²) < 4.78 is 0. The van der Waals surface area contributed by atoms with Crippen molar-refractivity contribution in [1.82, 2.24) is 4.98 Å². The summed E-state index contributed by atoms with van der Waals surface area (Å²) in [5.74, 6) is -0.921. The van der Waals surface area contributed by atoms with Crippen LogP contribution in [0.3, 0.4) is 0 Å². The van der Waals surface area contributed by atoms with E-state index in [1.807, 2.05) is 68.5 Å². The van der Waals surface area contributed by atoms with E-state index in [0.717, 1.165) is 33.4 Å². The number of para-hydroxylation sites is 2. The lowest BCUT2D eigenvalue weighted by atomic mass is 10.0. The first-order valence-electron chi connectivity index (χ1n) is 9.57. The number of carboxylic acids is 1. The van der Waals surface area contributed by atoms with Gasteiger partial charge in [0.25, 0.3) is 5.91 Å². The number of H-pyrrole nitrogens is 1.